The Morgan fingerprint density at radius 3 is 2.47 bits per heavy atom. The predicted molar refractivity (Wildman–Crippen MR) is 82.5 cm³/mol. The average Bonchev–Trinajstić information content (AvgIpc) is 2.44. The van der Waals surface area contributed by atoms with E-state index in [1.165, 1.54) is 24.8 Å². The van der Waals surface area contributed by atoms with Crippen molar-refractivity contribution in [2.24, 2.45) is 11.1 Å². The minimum Gasteiger partial charge on any atom is -0.329 e. The van der Waals surface area contributed by atoms with Gasteiger partial charge in [-0.05, 0) is 43.0 Å². The van der Waals surface area contributed by atoms with Crippen LogP contribution in [0.1, 0.15) is 44.7 Å². The quantitative estimate of drug-likeness (QED) is 0.908. The molecule has 1 aliphatic rings. The van der Waals surface area contributed by atoms with Crippen molar-refractivity contribution in [2.75, 3.05) is 19.6 Å². The second-order valence-electron chi connectivity index (χ2n) is 5.97. The van der Waals surface area contributed by atoms with Gasteiger partial charge in [0.15, 0.2) is 0 Å². The van der Waals surface area contributed by atoms with Crippen LogP contribution in [0.4, 0.5) is 0 Å². The Labute approximate surface area is 121 Å². The van der Waals surface area contributed by atoms with E-state index in [0.717, 1.165) is 18.1 Å². The third-order valence-corrected chi connectivity index (χ3v) is 5.13. The zero-order valence-electron chi connectivity index (χ0n) is 12.0. The highest BCUT2D eigenvalue weighted by Gasteiger charge is 2.31. The van der Waals surface area contributed by atoms with Gasteiger partial charge in [-0.1, -0.05) is 50.1 Å². The molecule has 3 heteroatoms. The fourth-order valence-corrected chi connectivity index (χ4v) is 3.21. The smallest absolute Gasteiger partial charge is 0.0485 e. The molecule has 1 fully saturated rings. The molecular weight excluding hydrogens is 256 g/mol. The van der Waals surface area contributed by atoms with Crippen LogP contribution < -0.4 is 5.73 Å². The lowest BCUT2D eigenvalue weighted by Crippen LogP contribution is -2.42. The lowest BCUT2D eigenvalue weighted by Gasteiger charge is -2.42. The highest BCUT2D eigenvalue weighted by molar-refractivity contribution is 6.31. The highest BCUT2D eigenvalue weighted by atomic mass is 35.5. The average molecular weight is 281 g/mol. The van der Waals surface area contributed by atoms with E-state index in [1.54, 1.807) is 0 Å². The SMILES string of the molecule is CCC1(C)CCN(C(CN)c2ccccc2Cl)CC1. The molecule has 0 aromatic heterocycles. The Hall–Kier alpha value is -0.570. The van der Waals surface area contributed by atoms with Crippen LogP contribution in [0.3, 0.4) is 0 Å². The van der Waals surface area contributed by atoms with Gasteiger partial charge in [-0.15, -0.1) is 0 Å². The van der Waals surface area contributed by atoms with Crippen LogP contribution in [0.2, 0.25) is 5.02 Å². The Morgan fingerprint density at radius 2 is 1.95 bits per heavy atom. The number of nitrogens with zero attached hydrogens (tertiary/aromatic N) is 1. The van der Waals surface area contributed by atoms with E-state index in [0.29, 0.717) is 12.0 Å². The molecule has 19 heavy (non-hydrogen) atoms. The highest BCUT2D eigenvalue weighted by Crippen LogP contribution is 2.37. The first kappa shape index (κ1) is 14.8. The molecule has 0 saturated carbocycles. The standard InChI is InChI=1S/C16H25ClN2/c1-3-16(2)8-10-19(11-9-16)15(12-18)13-6-4-5-7-14(13)17/h4-7,15H,3,8-12,18H2,1-2H3. The Morgan fingerprint density at radius 1 is 1.32 bits per heavy atom. The number of halogens is 1. The van der Waals surface area contributed by atoms with Crippen LogP contribution in [-0.2, 0) is 0 Å². The number of hydrogen-bond donors (Lipinski definition) is 1. The molecule has 2 rings (SSSR count). The maximum atomic E-state index is 6.32. The van der Waals surface area contributed by atoms with Gasteiger partial charge < -0.3 is 5.73 Å². The molecule has 0 spiro atoms. The number of likely N-dealkylation sites (tertiary alicyclic amines) is 1. The molecule has 1 unspecified atom stereocenters. The third kappa shape index (κ3) is 3.31. The molecule has 1 saturated heterocycles. The van der Waals surface area contributed by atoms with Crippen molar-refractivity contribution in [3.63, 3.8) is 0 Å². The summed E-state index contributed by atoms with van der Waals surface area (Å²) >= 11 is 6.32. The van der Waals surface area contributed by atoms with Gasteiger partial charge in [-0.25, -0.2) is 0 Å². The molecule has 1 heterocycles. The van der Waals surface area contributed by atoms with Crippen LogP contribution in [0.5, 0.6) is 0 Å². The van der Waals surface area contributed by atoms with E-state index in [1.807, 2.05) is 18.2 Å². The van der Waals surface area contributed by atoms with Gasteiger partial charge in [0, 0.05) is 17.6 Å². The summed E-state index contributed by atoms with van der Waals surface area (Å²) in [7, 11) is 0. The largest absolute Gasteiger partial charge is 0.329 e. The minimum atomic E-state index is 0.259. The third-order valence-electron chi connectivity index (χ3n) is 4.79. The molecule has 0 amide bonds. The van der Waals surface area contributed by atoms with Crippen molar-refractivity contribution in [3.05, 3.63) is 34.9 Å². The van der Waals surface area contributed by atoms with Gasteiger partial charge in [0.05, 0.1) is 0 Å². The number of rotatable bonds is 4. The number of benzene rings is 1. The monoisotopic (exact) mass is 280 g/mol. The number of hydrogen-bond acceptors (Lipinski definition) is 2. The normalized spacial score (nSPS) is 21.3. The topological polar surface area (TPSA) is 29.3 Å². The number of nitrogens with two attached hydrogens (primary N) is 1. The van der Waals surface area contributed by atoms with Crippen molar-refractivity contribution in [1.82, 2.24) is 4.90 Å². The van der Waals surface area contributed by atoms with Crippen LogP contribution in [0, 0.1) is 5.41 Å². The van der Waals surface area contributed by atoms with E-state index >= 15 is 0 Å². The van der Waals surface area contributed by atoms with Crippen molar-refractivity contribution in [2.45, 2.75) is 39.2 Å². The molecule has 0 bridgehead atoms. The van der Waals surface area contributed by atoms with Crippen molar-refractivity contribution in [1.29, 1.82) is 0 Å². The summed E-state index contributed by atoms with van der Waals surface area (Å²) < 4.78 is 0. The summed E-state index contributed by atoms with van der Waals surface area (Å²) in [4.78, 5) is 2.50. The van der Waals surface area contributed by atoms with Gasteiger partial charge in [-0.3, -0.25) is 4.90 Å². The number of piperidine rings is 1. The van der Waals surface area contributed by atoms with Crippen LogP contribution in [0.15, 0.2) is 24.3 Å². The second kappa shape index (κ2) is 6.25. The summed E-state index contributed by atoms with van der Waals surface area (Å²) in [6.07, 6.45) is 3.77. The summed E-state index contributed by atoms with van der Waals surface area (Å²) in [6, 6.07) is 8.34. The first-order valence-electron chi connectivity index (χ1n) is 7.28. The van der Waals surface area contributed by atoms with Gasteiger partial charge in [0.1, 0.15) is 0 Å². The van der Waals surface area contributed by atoms with Crippen molar-refractivity contribution in [3.8, 4) is 0 Å². The van der Waals surface area contributed by atoms with Gasteiger partial charge in [-0.2, -0.15) is 0 Å². The molecule has 1 atom stereocenters. The lowest BCUT2D eigenvalue weighted by atomic mass is 9.78. The van der Waals surface area contributed by atoms with E-state index in [4.69, 9.17) is 17.3 Å². The molecular formula is C16H25ClN2. The van der Waals surface area contributed by atoms with Crippen LogP contribution in [0.25, 0.3) is 0 Å². The van der Waals surface area contributed by atoms with Gasteiger partial charge >= 0.3 is 0 Å². The molecule has 1 aromatic rings. The zero-order valence-corrected chi connectivity index (χ0v) is 12.8. The first-order chi connectivity index (χ1) is 9.09. The summed E-state index contributed by atoms with van der Waals surface area (Å²) in [5.74, 6) is 0. The maximum absolute atomic E-state index is 6.32. The molecule has 0 radical (unpaired) electrons. The molecule has 1 aliphatic heterocycles. The Kier molecular flexibility index (Phi) is 4.88. The fraction of sp³-hybridized carbons (Fsp3) is 0.625. The Bertz CT molecular complexity index is 411. The van der Waals surface area contributed by atoms with Crippen molar-refractivity contribution < 1.29 is 0 Å². The molecule has 2 N–H and O–H groups in total. The predicted octanol–water partition coefficient (Wildman–Crippen LogP) is 3.85. The summed E-state index contributed by atoms with van der Waals surface area (Å²) in [5.41, 5.74) is 7.69. The molecule has 2 nitrogen and oxygen atoms in total. The summed E-state index contributed by atoms with van der Waals surface area (Å²) in [5, 5.41) is 0.835. The van der Waals surface area contributed by atoms with Gasteiger partial charge in [0.2, 0.25) is 0 Å². The van der Waals surface area contributed by atoms with E-state index in [-0.39, 0.29) is 6.04 Å². The first-order valence-corrected chi connectivity index (χ1v) is 7.66. The zero-order chi connectivity index (χ0) is 13.9. The summed E-state index contributed by atoms with van der Waals surface area (Å²) in [6.45, 7) is 7.57. The maximum Gasteiger partial charge on any atom is 0.0485 e. The molecule has 0 aliphatic carbocycles. The van der Waals surface area contributed by atoms with E-state index in [9.17, 15) is 0 Å². The van der Waals surface area contributed by atoms with Gasteiger partial charge in [0.25, 0.3) is 0 Å². The Balaban J connectivity index is 2.10. The van der Waals surface area contributed by atoms with E-state index in [2.05, 4.69) is 24.8 Å². The fourth-order valence-electron chi connectivity index (χ4n) is 2.95. The molecule has 106 valence electrons. The van der Waals surface area contributed by atoms with Crippen LogP contribution >= 0.6 is 11.6 Å². The van der Waals surface area contributed by atoms with E-state index < -0.39 is 0 Å². The minimum absolute atomic E-state index is 0.259. The second-order valence-corrected chi connectivity index (χ2v) is 6.38. The van der Waals surface area contributed by atoms with Crippen molar-refractivity contribution >= 4 is 11.6 Å². The van der Waals surface area contributed by atoms with Crippen LogP contribution in [-0.4, -0.2) is 24.5 Å². The molecule has 1 aromatic carbocycles. The lowest BCUT2D eigenvalue weighted by molar-refractivity contribution is 0.0829.